The van der Waals surface area contributed by atoms with Crippen molar-refractivity contribution in [3.05, 3.63) is 54.6 Å². The highest BCUT2D eigenvalue weighted by molar-refractivity contribution is 7.85. The lowest BCUT2D eigenvalue weighted by molar-refractivity contribution is -0.137. The van der Waals surface area contributed by atoms with Crippen LogP contribution in [-0.4, -0.2) is 29.9 Å². The van der Waals surface area contributed by atoms with Gasteiger partial charge in [0, 0.05) is 18.1 Å². The molecule has 0 saturated heterocycles. The lowest BCUT2D eigenvalue weighted by atomic mass is 10.2. The summed E-state index contributed by atoms with van der Waals surface area (Å²) in [6, 6.07) is 5.19. The van der Waals surface area contributed by atoms with Crippen molar-refractivity contribution in [1.82, 2.24) is 19.9 Å². The summed E-state index contributed by atoms with van der Waals surface area (Å²) in [5.41, 5.74) is 0.284. The fourth-order valence-corrected chi connectivity index (χ4v) is 3.17. The Kier molecular flexibility index (Phi) is 5.08. The van der Waals surface area contributed by atoms with Crippen LogP contribution >= 0.6 is 0 Å². The highest BCUT2D eigenvalue weighted by Gasteiger charge is 2.30. The average Bonchev–Trinajstić information content (AvgIpc) is 2.67. The molecule has 0 fully saturated rings. The minimum Gasteiger partial charge on any atom is -0.255 e. The molecule has 0 radical (unpaired) electrons. The van der Waals surface area contributed by atoms with E-state index in [1.54, 1.807) is 25.3 Å². The molecule has 3 aromatic rings. The van der Waals surface area contributed by atoms with E-state index in [2.05, 4.69) is 19.9 Å². The zero-order valence-corrected chi connectivity index (χ0v) is 14.4. The fraction of sp³-hybridized carbons (Fsp3) is 0.176. The summed E-state index contributed by atoms with van der Waals surface area (Å²) in [7, 11) is -1.22. The molecule has 0 aliphatic carbocycles. The Morgan fingerprint density at radius 1 is 0.962 bits per heavy atom. The number of rotatable bonds is 4. The number of aromatic nitrogens is 4. The van der Waals surface area contributed by atoms with Crippen molar-refractivity contribution in [1.29, 1.82) is 0 Å². The van der Waals surface area contributed by atoms with Crippen molar-refractivity contribution in [2.24, 2.45) is 0 Å². The van der Waals surface area contributed by atoms with E-state index in [-0.39, 0.29) is 11.4 Å². The Morgan fingerprint density at radius 3 is 2.35 bits per heavy atom. The van der Waals surface area contributed by atoms with Crippen LogP contribution in [0, 0.1) is 0 Å². The van der Waals surface area contributed by atoms with Crippen molar-refractivity contribution in [2.75, 3.05) is 5.75 Å². The van der Waals surface area contributed by atoms with Crippen LogP contribution < -0.4 is 0 Å². The molecule has 3 rings (SSSR count). The van der Waals surface area contributed by atoms with Crippen LogP contribution in [0.2, 0.25) is 0 Å². The smallest absolute Gasteiger partial charge is 0.255 e. The Morgan fingerprint density at radius 2 is 1.69 bits per heavy atom. The second kappa shape index (κ2) is 7.28. The summed E-state index contributed by atoms with van der Waals surface area (Å²) in [6.45, 7) is 1.79. The van der Waals surface area contributed by atoms with Gasteiger partial charge in [0.1, 0.15) is 17.1 Å². The first kappa shape index (κ1) is 18.1. The first-order valence-corrected chi connectivity index (χ1v) is 8.91. The molecule has 26 heavy (non-hydrogen) atoms. The number of pyridine rings is 2. The average molecular weight is 378 g/mol. The normalized spacial score (nSPS) is 12.8. The van der Waals surface area contributed by atoms with Crippen molar-refractivity contribution in [3.63, 3.8) is 0 Å². The van der Waals surface area contributed by atoms with Crippen LogP contribution in [0.25, 0.3) is 22.8 Å². The third kappa shape index (κ3) is 3.77. The van der Waals surface area contributed by atoms with E-state index in [1.807, 2.05) is 0 Å². The van der Waals surface area contributed by atoms with Gasteiger partial charge in [0.15, 0.2) is 0 Å². The molecule has 9 heteroatoms. The minimum absolute atomic E-state index is 0.0669. The molecule has 0 N–H and O–H groups in total. The molecule has 134 valence electrons. The fourth-order valence-electron chi connectivity index (χ4n) is 2.25. The van der Waals surface area contributed by atoms with Crippen LogP contribution in [0.4, 0.5) is 13.2 Å². The molecule has 3 aromatic heterocycles. The van der Waals surface area contributed by atoms with Gasteiger partial charge in [0.2, 0.25) is 0 Å². The van der Waals surface area contributed by atoms with Crippen LogP contribution in [0.3, 0.4) is 0 Å². The molecule has 3 heterocycles. The van der Waals surface area contributed by atoms with E-state index in [0.717, 1.165) is 18.3 Å². The number of hydrogen-bond donors (Lipinski definition) is 0. The molecule has 1 unspecified atom stereocenters. The van der Waals surface area contributed by atoms with Crippen molar-refractivity contribution >= 4 is 10.8 Å². The lowest BCUT2D eigenvalue weighted by Gasteiger charge is -2.09. The molecule has 5 nitrogen and oxygen atoms in total. The second-order valence-electron chi connectivity index (χ2n) is 5.20. The van der Waals surface area contributed by atoms with Crippen LogP contribution in [0.15, 0.2) is 53.9 Å². The highest BCUT2D eigenvalue weighted by atomic mass is 32.2. The molecular weight excluding hydrogens is 365 g/mol. The van der Waals surface area contributed by atoms with Crippen molar-refractivity contribution in [3.8, 4) is 22.8 Å². The van der Waals surface area contributed by atoms with Gasteiger partial charge < -0.3 is 0 Å². The van der Waals surface area contributed by atoms with Gasteiger partial charge in [-0.15, -0.1) is 0 Å². The molecule has 0 bridgehead atoms. The molecular formula is C17H13F3N4OS. The van der Waals surface area contributed by atoms with Gasteiger partial charge in [-0.3, -0.25) is 24.1 Å². The van der Waals surface area contributed by atoms with Crippen LogP contribution in [-0.2, 0) is 17.0 Å². The van der Waals surface area contributed by atoms with Gasteiger partial charge >= 0.3 is 6.18 Å². The minimum atomic E-state index is -4.46. The summed E-state index contributed by atoms with van der Waals surface area (Å²) in [6.07, 6.45) is 0.879. The summed E-state index contributed by atoms with van der Waals surface area (Å²) < 4.78 is 50.6. The van der Waals surface area contributed by atoms with Gasteiger partial charge in [0.05, 0.1) is 39.3 Å². The third-order valence-electron chi connectivity index (χ3n) is 3.52. The summed E-state index contributed by atoms with van der Waals surface area (Å²) in [5, 5.41) is 0. The molecule has 0 aliphatic rings. The summed E-state index contributed by atoms with van der Waals surface area (Å²) >= 11 is 0. The van der Waals surface area contributed by atoms with E-state index in [1.165, 1.54) is 12.4 Å². The maximum atomic E-state index is 12.8. The topological polar surface area (TPSA) is 68.6 Å². The molecule has 0 aliphatic heterocycles. The van der Waals surface area contributed by atoms with E-state index in [9.17, 15) is 17.4 Å². The van der Waals surface area contributed by atoms with Crippen LogP contribution in [0.5, 0.6) is 0 Å². The zero-order valence-electron chi connectivity index (χ0n) is 13.6. The Bertz CT molecular complexity index is 945. The lowest BCUT2D eigenvalue weighted by Crippen LogP contribution is -2.05. The molecule has 0 spiro atoms. The van der Waals surface area contributed by atoms with E-state index in [4.69, 9.17) is 0 Å². The van der Waals surface area contributed by atoms with E-state index >= 15 is 0 Å². The predicted molar refractivity (Wildman–Crippen MR) is 90.4 cm³/mol. The van der Waals surface area contributed by atoms with Gasteiger partial charge in [-0.2, -0.15) is 13.2 Å². The number of halogens is 3. The molecule has 1 atom stereocenters. The maximum absolute atomic E-state index is 12.8. The molecule has 0 saturated carbocycles. The number of alkyl halides is 3. The summed E-state index contributed by atoms with van der Waals surface area (Å²) in [4.78, 5) is 17.0. The molecule has 0 amide bonds. The number of nitrogens with zero attached hydrogens (tertiary/aromatic N) is 4. The highest BCUT2D eigenvalue weighted by Crippen LogP contribution is 2.31. The SMILES string of the molecule is CCS(=O)c1cccnc1-c1cnc(-c2cc(C(F)(F)F)ccn2)cn1. The first-order valence-electron chi connectivity index (χ1n) is 7.59. The zero-order chi connectivity index (χ0) is 18.7. The third-order valence-corrected chi connectivity index (χ3v) is 4.87. The quantitative estimate of drug-likeness (QED) is 0.692. The maximum Gasteiger partial charge on any atom is 0.416 e. The predicted octanol–water partition coefficient (Wildman–Crippen LogP) is 3.75. The Balaban J connectivity index is 1.97. The Hall–Kier alpha value is -2.68. The van der Waals surface area contributed by atoms with Crippen molar-refractivity contribution in [2.45, 2.75) is 18.0 Å². The van der Waals surface area contributed by atoms with E-state index in [0.29, 0.717) is 22.0 Å². The van der Waals surface area contributed by atoms with Crippen molar-refractivity contribution < 1.29 is 17.4 Å². The Labute approximate surface area is 149 Å². The van der Waals surface area contributed by atoms with Gasteiger partial charge in [-0.25, -0.2) is 0 Å². The second-order valence-corrected chi connectivity index (χ2v) is 6.91. The standard InChI is InChI=1S/C17H13F3N4OS/c1-2-26(25)15-4-3-6-22-16(15)14-10-23-13(9-24-14)12-8-11(5-7-21-12)17(18,19)20/h3-10H,2H2,1H3. The first-order chi connectivity index (χ1) is 12.4. The van der Waals surface area contributed by atoms with Gasteiger partial charge in [-0.05, 0) is 24.3 Å². The van der Waals surface area contributed by atoms with E-state index < -0.39 is 22.5 Å². The monoisotopic (exact) mass is 378 g/mol. The number of hydrogen-bond acceptors (Lipinski definition) is 5. The van der Waals surface area contributed by atoms with Crippen LogP contribution in [0.1, 0.15) is 12.5 Å². The van der Waals surface area contributed by atoms with Gasteiger partial charge in [0.25, 0.3) is 0 Å². The molecule has 0 aromatic carbocycles. The van der Waals surface area contributed by atoms with Gasteiger partial charge in [-0.1, -0.05) is 6.92 Å². The largest absolute Gasteiger partial charge is 0.416 e. The summed E-state index contributed by atoms with van der Waals surface area (Å²) in [5.74, 6) is 0.429.